The van der Waals surface area contributed by atoms with Crippen LogP contribution in [0.2, 0.25) is 0 Å². The number of nitrogen functional groups attached to an aromatic ring is 1. The van der Waals surface area contributed by atoms with Gasteiger partial charge in [0.05, 0.1) is 5.52 Å². The molecule has 102 valence electrons. The van der Waals surface area contributed by atoms with Crippen molar-refractivity contribution in [1.82, 2.24) is 15.2 Å². The summed E-state index contributed by atoms with van der Waals surface area (Å²) < 4.78 is 1.98. The minimum Gasteiger partial charge on any atom is -0.398 e. The van der Waals surface area contributed by atoms with Crippen LogP contribution < -0.4 is 5.73 Å². The minimum atomic E-state index is 0.766. The van der Waals surface area contributed by atoms with Crippen molar-refractivity contribution in [3.05, 3.63) is 36.0 Å². The predicted octanol–water partition coefficient (Wildman–Crippen LogP) is 3.68. The number of pyridine rings is 1. The highest BCUT2D eigenvalue weighted by Gasteiger charge is 2.08. The molecule has 7 heteroatoms. The number of hydrogen-bond donors (Lipinski definition) is 1. The van der Waals surface area contributed by atoms with Crippen LogP contribution in [0.5, 0.6) is 0 Å². The fourth-order valence-electron chi connectivity index (χ4n) is 1.85. The van der Waals surface area contributed by atoms with Crippen LogP contribution >= 0.6 is 34.9 Å². The number of hydrogen-bond acceptors (Lipinski definition) is 7. The van der Waals surface area contributed by atoms with E-state index in [-0.39, 0.29) is 0 Å². The van der Waals surface area contributed by atoms with Crippen LogP contribution in [-0.2, 0) is 5.75 Å². The summed E-state index contributed by atoms with van der Waals surface area (Å²) in [6, 6.07) is 7.88. The lowest BCUT2D eigenvalue weighted by Gasteiger charge is -2.06. The van der Waals surface area contributed by atoms with E-state index in [4.69, 9.17) is 5.73 Å². The van der Waals surface area contributed by atoms with Gasteiger partial charge in [-0.25, -0.2) is 0 Å². The smallest absolute Gasteiger partial charge is 0.175 e. The summed E-state index contributed by atoms with van der Waals surface area (Å²) in [4.78, 5) is 4.45. The Bertz CT molecular complexity index is 741. The van der Waals surface area contributed by atoms with Gasteiger partial charge in [-0.1, -0.05) is 40.9 Å². The molecule has 1 aromatic carbocycles. The molecule has 3 rings (SSSR count). The SMILES string of the molecule is CSc1nnc(SCc2ccc(N)c3cccnc23)s1. The molecule has 0 fully saturated rings. The number of anilines is 1. The molecule has 0 aliphatic heterocycles. The molecule has 3 aromatic rings. The fourth-order valence-corrected chi connectivity index (χ4v) is 4.27. The first kappa shape index (κ1) is 13.7. The third-order valence-corrected chi connectivity index (χ3v) is 5.88. The average molecular weight is 320 g/mol. The number of rotatable bonds is 4. The largest absolute Gasteiger partial charge is 0.398 e. The summed E-state index contributed by atoms with van der Waals surface area (Å²) >= 11 is 4.92. The van der Waals surface area contributed by atoms with Crippen LogP contribution in [0, 0.1) is 0 Å². The summed E-state index contributed by atoms with van der Waals surface area (Å²) in [6.07, 6.45) is 3.80. The van der Waals surface area contributed by atoms with Crippen molar-refractivity contribution in [1.29, 1.82) is 0 Å². The zero-order valence-corrected chi connectivity index (χ0v) is 13.2. The maximum absolute atomic E-state index is 5.98. The van der Waals surface area contributed by atoms with Gasteiger partial charge >= 0.3 is 0 Å². The van der Waals surface area contributed by atoms with E-state index in [1.807, 2.05) is 30.5 Å². The van der Waals surface area contributed by atoms with E-state index in [2.05, 4.69) is 15.2 Å². The van der Waals surface area contributed by atoms with Crippen LogP contribution in [0.3, 0.4) is 0 Å². The van der Waals surface area contributed by atoms with Crippen molar-refractivity contribution in [2.24, 2.45) is 0 Å². The first-order valence-corrected chi connectivity index (χ1v) is 8.93. The van der Waals surface area contributed by atoms with Gasteiger partial charge in [-0.2, -0.15) is 0 Å². The average Bonchev–Trinajstić information content (AvgIpc) is 2.95. The van der Waals surface area contributed by atoms with Crippen LogP contribution in [0.25, 0.3) is 10.9 Å². The Morgan fingerprint density at radius 1 is 1.20 bits per heavy atom. The molecule has 0 aliphatic rings. The number of benzene rings is 1. The Kier molecular flexibility index (Phi) is 4.09. The van der Waals surface area contributed by atoms with Crippen LogP contribution in [-0.4, -0.2) is 21.4 Å². The zero-order chi connectivity index (χ0) is 13.9. The molecule has 2 N–H and O–H groups in total. The molecule has 0 amide bonds. The van der Waals surface area contributed by atoms with Gasteiger partial charge in [0.1, 0.15) is 0 Å². The van der Waals surface area contributed by atoms with Gasteiger partial charge < -0.3 is 5.73 Å². The minimum absolute atomic E-state index is 0.766. The van der Waals surface area contributed by atoms with Gasteiger partial charge in [0.2, 0.25) is 0 Å². The van der Waals surface area contributed by atoms with Crippen LogP contribution in [0.15, 0.2) is 39.1 Å². The second-order valence-corrected chi connectivity index (χ2v) is 7.29. The van der Waals surface area contributed by atoms with Gasteiger partial charge in [0, 0.05) is 23.0 Å². The molecule has 0 atom stereocenters. The van der Waals surface area contributed by atoms with Crippen LogP contribution in [0.1, 0.15) is 5.56 Å². The Hall–Kier alpha value is -1.31. The molecule has 0 saturated carbocycles. The summed E-state index contributed by atoms with van der Waals surface area (Å²) in [7, 11) is 0. The fraction of sp³-hybridized carbons (Fsp3) is 0.154. The van der Waals surface area contributed by atoms with E-state index in [1.54, 1.807) is 41.1 Å². The topological polar surface area (TPSA) is 64.7 Å². The van der Waals surface area contributed by atoms with Crippen molar-refractivity contribution < 1.29 is 0 Å². The molecule has 0 spiro atoms. The molecule has 0 unspecified atom stereocenters. The standard InChI is InChI=1S/C13H12N4S3/c1-18-12-16-17-13(20-12)19-7-8-4-5-10(14)9-3-2-6-15-11(8)9/h2-6H,7,14H2,1H3. The van der Waals surface area contributed by atoms with Crippen molar-refractivity contribution in [2.75, 3.05) is 12.0 Å². The lowest BCUT2D eigenvalue weighted by Crippen LogP contribution is -1.92. The van der Waals surface area contributed by atoms with E-state index >= 15 is 0 Å². The zero-order valence-electron chi connectivity index (χ0n) is 10.7. The maximum Gasteiger partial charge on any atom is 0.175 e. The first-order valence-electron chi connectivity index (χ1n) is 5.90. The number of nitrogens with zero attached hydrogens (tertiary/aromatic N) is 3. The Morgan fingerprint density at radius 3 is 2.85 bits per heavy atom. The van der Waals surface area contributed by atoms with Gasteiger partial charge in [-0.3, -0.25) is 4.98 Å². The molecular formula is C13H12N4S3. The monoisotopic (exact) mass is 320 g/mol. The number of thioether (sulfide) groups is 2. The third-order valence-electron chi connectivity index (χ3n) is 2.80. The number of nitrogens with two attached hydrogens (primary N) is 1. The summed E-state index contributed by atoms with van der Waals surface area (Å²) in [5.41, 5.74) is 8.88. The highest BCUT2D eigenvalue weighted by Crippen LogP contribution is 2.32. The molecule has 2 aromatic heterocycles. The van der Waals surface area contributed by atoms with Gasteiger partial charge in [-0.15, -0.1) is 10.2 Å². The Labute approximate surface area is 129 Å². The second-order valence-electron chi connectivity index (χ2n) is 4.04. The third kappa shape index (κ3) is 2.74. The van der Waals surface area contributed by atoms with E-state index in [0.717, 1.165) is 31.0 Å². The van der Waals surface area contributed by atoms with E-state index in [9.17, 15) is 0 Å². The van der Waals surface area contributed by atoms with E-state index in [0.29, 0.717) is 0 Å². The van der Waals surface area contributed by atoms with E-state index < -0.39 is 0 Å². The number of fused-ring (bicyclic) bond motifs is 1. The predicted molar refractivity (Wildman–Crippen MR) is 87.4 cm³/mol. The van der Waals surface area contributed by atoms with Gasteiger partial charge in [-0.05, 0) is 30.0 Å². The lowest BCUT2D eigenvalue weighted by molar-refractivity contribution is 0.955. The summed E-state index contributed by atoms with van der Waals surface area (Å²) in [6.45, 7) is 0. The lowest BCUT2D eigenvalue weighted by atomic mass is 10.1. The number of aromatic nitrogens is 3. The highest BCUT2D eigenvalue weighted by atomic mass is 32.2. The summed E-state index contributed by atoms with van der Waals surface area (Å²) in [5, 5.41) is 9.27. The van der Waals surface area contributed by atoms with Crippen molar-refractivity contribution in [3.63, 3.8) is 0 Å². The van der Waals surface area contributed by atoms with E-state index in [1.165, 1.54) is 5.56 Å². The van der Waals surface area contributed by atoms with Gasteiger partial charge in [0.15, 0.2) is 8.68 Å². The van der Waals surface area contributed by atoms with Crippen molar-refractivity contribution in [3.8, 4) is 0 Å². The summed E-state index contributed by atoms with van der Waals surface area (Å²) in [5.74, 6) is 0.816. The molecule has 0 aliphatic carbocycles. The molecule has 0 bridgehead atoms. The quantitative estimate of drug-likeness (QED) is 0.584. The molecule has 2 heterocycles. The Balaban J connectivity index is 1.86. The molecule has 0 saturated heterocycles. The molecule has 4 nitrogen and oxygen atoms in total. The Morgan fingerprint density at radius 2 is 2.05 bits per heavy atom. The van der Waals surface area contributed by atoms with Crippen LogP contribution in [0.4, 0.5) is 5.69 Å². The second kappa shape index (κ2) is 5.99. The first-order chi connectivity index (χ1) is 9.78. The van der Waals surface area contributed by atoms with Crippen molar-refractivity contribution >= 4 is 51.5 Å². The normalized spacial score (nSPS) is 11.1. The molecule has 0 radical (unpaired) electrons. The highest BCUT2D eigenvalue weighted by molar-refractivity contribution is 8.02. The maximum atomic E-state index is 5.98. The van der Waals surface area contributed by atoms with Gasteiger partial charge in [0.25, 0.3) is 0 Å². The van der Waals surface area contributed by atoms with Crippen molar-refractivity contribution in [2.45, 2.75) is 14.4 Å². The molecule has 20 heavy (non-hydrogen) atoms. The molecular weight excluding hydrogens is 308 g/mol.